The van der Waals surface area contributed by atoms with E-state index in [2.05, 4.69) is 0 Å². The number of aliphatic hydroxyl groups is 1. The molecule has 0 aliphatic heterocycles. The zero-order valence-corrected chi connectivity index (χ0v) is 10.9. The van der Waals surface area contributed by atoms with Crippen LogP contribution in [-0.2, 0) is 0 Å². The lowest BCUT2D eigenvalue weighted by molar-refractivity contribution is -0.589. The smallest absolute Gasteiger partial charge is 0.255 e. The van der Waals surface area contributed by atoms with Crippen molar-refractivity contribution >= 4 is 0 Å². The van der Waals surface area contributed by atoms with Crippen molar-refractivity contribution in [3.8, 4) is 0 Å². The third kappa shape index (κ3) is 2.38. The SMILES string of the molecule is CC[C@@H]1C[C@@H](O)[C@@H]([N+](=O)[O-])[C@H](c2ccco2)[C@@H]1[N+](=O)[O-]. The highest BCUT2D eigenvalue weighted by Crippen LogP contribution is 2.41. The van der Waals surface area contributed by atoms with Crippen LogP contribution in [0.4, 0.5) is 0 Å². The maximum atomic E-state index is 11.4. The number of hydrogen-bond acceptors (Lipinski definition) is 6. The molecule has 1 fully saturated rings. The lowest BCUT2D eigenvalue weighted by Crippen LogP contribution is -2.54. The molecule has 0 aromatic carbocycles. The topological polar surface area (TPSA) is 120 Å². The quantitative estimate of drug-likeness (QED) is 0.659. The molecule has 0 amide bonds. The van der Waals surface area contributed by atoms with Crippen LogP contribution in [0.2, 0.25) is 0 Å². The Morgan fingerprint density at radius 1 is 1.35 bits per heavy atom. The molecular weight excluding hydrogens is 268 g/mol. The molecule has 1 N–H and O–H groups in total. The van der Waals surface area contributed by atoms with Gasteiger partial charge in [0.15, 0.2) is 5.92 Å². The number of nitro groups is 2. The van der Waals surface area contributed by atoms with E-state index in [9.17, 15) is 25.3 Å². The highest BCUT2D eigenvalue weighted by atomic mass is 16.6. The Morgan fingerprint density at radius 2 is 2.00 bits per heavy atom. The van der Waals surface area contributed by atoms with Gasteiger partial charge in [-0.25, -0.2) is 0 Å². The second kappa shape index (κ2) is 5.58. The molecule has 1 aliphatic carbocycles. The molecule has 2 rings (SSSR count). The molecule has 110 valence electrons. The largest absolute Gasteiger partial charge is 0.469 e. The molecule has 1 aliphatic rings. The van der Waals surface area contributed by atoms with Gasteiger partial charge in [0, 0.05) is 15.8 Å². The van der Waals surface area contributed by atoms with E-state index in [-0.39, 0.29) is 12.2 Å². The average Bonchev–Trinajstić information content (AvgIpc) is 2.89. The molecule has 0 saturated heterocycles. The molecule has 1 aromatic rings. The molecule has 1 aromatic heterocycles. The molecule has 0 spiro atoms. The van der Waals surface area contributed by atoms with Crippen molar-refractivity contribution in [2.45, 2.75) is 43.9 Å². The van der Waals surface area contributed by atoms with Gasteiger partial charge in [0.1, 0.15) is 11.9 Å². The molecule has 8 nitrogen and oxygen atoms in total. The fourth-order valence-electron chi connectivity index (χ4n) is 3.12. The second-order valence-electron chi connectivity index (χ2n) is 5.06. The Bertz CT molecular complexity index is 488. The minimum atomic E-state index is -1.42. The van der Waals surface area contributed by atoms with E-state index in [1.165, 1.54) is 18.4 Å². The van der Waals surface area contributed by atoms with Crippen LogP contribution in [0.1, 0.15) is 31.4 Å². The maximum absolute atomic E-state index is 11.4. The summed E-state index contributed by atoms with van der Waals surface area (Å²) in [5.74, 6) is -1.28. The van der Waals surface area contributed by atoms with Gasteiger partial charge in [0.25, 0.3) is 6.04 Å². The van der Waals surface area contributed by atoms with Gasteiger partial charge in [0.05, 0.1) is 6.26 Å². The van der Waals surface area contributed by atoms with Crippen molar-refractivity contribution < 1.29 is 19.4 Å². The van der Waals surface area contributed by atoms with Gasteiger partial charge >= 0.3 is 0 Å². The van der Waals surface area contributed by atoms with Crippen LogP contribution in [0.3, 0.4) is 0 Å². The second-order valence-corrected chi connectivity index (χ2v) is 5.06. The van der Waals surface area contributed by atoms with Gasteiger partial charge in [-0.3, -0.25) is 20.2 Å². The molecule has 0 radical (unpaired) electrons. The normalized spacial score (nSPS) is 33.8. The third-order valence-electron chi connectivity index (χ3n) is 4.04. The van der Waals surface area contributed by atoms with Gasteiger partial charge < -0.3 is 9.52 Å². The van der Waals surface area contributed by atoms with Crippen molar-refractivity contribution in [3.63, 3.8) is 0 Å². The Labute approximate surface area is 114 Å². The van der Waals surface area contributed by atoms with Crippen molar-refractivity contribution in [2.75, 3.05) is 0 Å². The Morgan fingerprint density at radius 3 is 2.45 bits per heavy atom. The van der Waals surface area contributed by atoms with Crippen molar-refractivity contribution in [3.05, 3.63) is 44.4 Å². The lowest BCUT2D eigenvalue weighted by Gasteiger charge is -2.35. The standard InChI is InChI=1S/C12H16N2O6/c1-2-7-6-8(15)12(14(18)19)10(11(7)13(16)17)9-4-3-5-20-9/h3-5,7-8,10-12,15H,2,6H2,1H3/t7-,8-,10-,11-,12-/m1/s1. The van der Waals surface area contributed by atoms with Crippen molar-refractivity contribution in [1.82, 2.24) is 0 Å². The number of rotatable bonds is 4. The number of furan rings is 1. The van der Waals surface area contributed by atoms with Crippen LogP contribution < -0.4 is 0 Å². The molecule has 20 heavy (non-hydrogen) atoms. The van der Waals surface area contributed by atoms with E-state index in [0.29, 0.717) is 6.42 Å². The Balaban J connectivity index is 2.48. The van der Waals surface area contributed by atoms with E-state index in [1.54, 1.807) is 6.92 Å². The van der Waals surface area contributed by atoms with Crippen molar-refractivity contribution in [2.24, 2.45) is 5.92 Å². The van der Waals surface area contributed by atoms with E-state index >= 15 is 0 Å². The van der Waals surface area contributed by atoms with Gasteiger partial charge in [-0.1, -0.05) is 6.92 Å². The molecule has 1 heterocycles. The van der Waals surface area contributed by atoms with Gasteiger partial charge in [0.2, 0.25) is 6.04 Å². The number of nitrogens with zero attached hydrogens (tertiary/aromatic N) is 2. The zero-order chi connectivity index (χ0) is 14.9. The highest BCUT2D eigenvalue weighted by molar-refractivity contribution is 5.14. The molecule has 0 unspecified atom stereocenters. The number of aliphatic hydroxyl groups excluding tert-OH is 1. The summed E-state index contributed by atoms with van der Waals surface area (Å²) in [6.45, 7) is 1.78. The average molecular weight is 284 g/mol. The van der Waals surface area contributed by atoms with Crippen LogP contribution in [0.15, 0.2) is 22.8 Å². The first-order chi connectivity index (χ1) is 9.47. The van der Waals surface area contributed by atoms with Crippen molar-refractivity contribution in [1.29, 1.82) is 0 Å². The van der Waals surface area contributed by atoms with Crippen LogP contribution in [0, 0.1) is 26.1 Å². The predicted molar refractivity (Wildman–Crippen MR) is 67.4 cm³/mol. The first kappa shape index (κ1) is 14.4. The summed E-state index contributed by atoms with van der Waals surface area (Å²) in [7, 11) is 0. The van der Waals surface area contributed by atoms with E-state index in [1.807, 2.05) is 0 Å². The van der Waals surface area contributed by atoms with Gasteiger partial charge in [-0.2, -0.15) is 0 Å². The van der Waals surface area contributed by atoms with E-state index in [0.717, 1.165) is 0 Å². The first-order valence-electron chi connectivity index (χ1n) is 6.45. The Hall–Kier alpha value is -1.96. The molecule has 8 heteroatoms. The van der Waals surface area contributed by atoms with Gasteiger partial charge in [-0.05, 0) is 25.0 Å². The van der Waals surface area contributed by atoms with Crippen LogP contribution in [-0.4, -0.2) is 33.1 Å². The fourth-order valence-corrected chi connectivity index (χ4v) is 3.12. The van der Waals surface area contributed by atoms with Crippen LogP contribution in [0.5, 0.6) is 0 Å². The summed E-state index contributed by atoms with van der Waals surface area (Å²) in [6.07, 6.45) is 0.655. The molecule has 1 saturated carbocycles. The summed E-state index contributed by atoms with van der Waals surface area (Å²) >= 11 is 0. The Kier molecular flexibility index (Phi) is 4.03. The summed E-state index contributed by atoms with van der Waals surface area (Å²) in [5.41, 5.74) is 0. The molecule has 5 atom stereocenters. The summed E-state index contributed by atoms with van der Waals surface area (Å²) < 4.78 is 5.15. The van der Waals surface area contributed by atoms with E-state index < -0.39 is 39.9 Å². The fraction of sp³-hybridized carbons (Fsp3) is 0.667. The summed E-state index contributed by atoms with van der Waals surface area (Å²) in [5, 5.41) is 32.6. The van der Waals surface area contributed by atoms with E-state index in [4.69, 9.17) is 4.42 Å². The summed E-state index contributed by atoms with van der Waals surface area (Å²) in [4.78, 5) is 21.5. The molecular formula is C12H16N2O6. The first-order valence-corrected chi connectivity index (χ1v) is 6.45. The zero-order valence-electron chi connectivity index (χ0n) is 10.9. The maximum Gasteiger partial charge on any atom is 0.255 e. The lowest BCUT2D eigenvalue weighted by atomic mass is 9.70. The minimum absolute atomic E-state index is 0.0605. The molecule has 0 bridgehead atoms. The third-order valence-corrected chi connectivity index (χ3v) is 4.04. The highest BCUT2D eigenvalue weighted by Gasteiger charge is 2.57. The summed E-state index contributed by atoms with van der Waals surface area (Å²) in [6, 6.07) is 0.484. The van der Waals surface area contributed by atoms with Crippen LogP contribution >= 0.6 is 0 Å². The monoisotopic (exact) mass is 284 g/mol. The van der Waals surface area contributed by atoms with Gasteiger partial charge in [-0.15, -0.1) is 0 Å². The van der Waals surface area contributed by atoms with Crippen LogP contribution in [0.25, 0.3) is 0 Å². The minimum Gasteiger partial charge on any atom is -0.469 e. The predicted octanol–water partition coefficient (Wildman–Crippen LogP) is 1.44. The number of hydrogen-bond donors (Lipinski definition) is 1.